The van der Waals surface area contributed by atoms with Gasteiger partial charge in [-0.05, 0) is 60.4 Å². The highest BCUT2D eigenvalue weighted by atomic mass is 79.9. The zero-order valence-electron chi connectivity index (χ0n) is 26.6. The molecule has 0 radical (unpaired) electrons. The summed E-state index contributed by atoms with van der Waals surface area (Å²) >= 11 is 3.35. The molecule has 0 saturated carbocycles. The molecule has 246 valence electrons. The van der Waals surface area contributed by atoms with Crippen LogP contribution >= 0.6 is 15.9 Å². The third kappa shape index (κ3) is 8.67. The fourth-order valence-corrected chi connectivity index (χ4v) is 7.63. The first-order chi connectivity index (χ1) is 20.7. The average Bonchev–Trinajstić information content (AvgIpc) is 3.26. The highest BCUT2D eigenvalue weighted by molar-refractivity contribution is 9.11. The van der Waals surface area contributed by atoms with E-state index < -0.39 is 57.0 Å². The summed E-state index contributed by atoms with van der Waals surface area (Å²) in [7, 11) is -2.29. The van der Waals surface area contributed by atoms with Gasteiger partial charge in [0.15, 0.2) is 8.32 Å². The van der Waals surface area contributed by atoms with Crippen LogP contribution in [-0.2, 0) is 28.2 Å². The van der Waals surface area contributed by atoms with Crippen LogP contribution in [0.1, 0.15) is 76.1 Å². The van der Waals surface area contributed by atoms with Gasteiger partial charge < -0.3 is 33.6 Å². The third-order valence-corrected chi connectivity index (χ3v) is 14.2. The van der Waals surface area contributed by atoms with Crippen LogP contribution in [0.4, 0.5) is 0 Å². The first-order valence-corrected chi connectivity index (χ1v) is 19.4. The van der Waals surface area contributed by atoms with Gasteiger partial charge in [0, 0.05) is 25.9 Å². The molecule has 3 aliphatic heterocycles. The van der Waals surface area contributed by atoms with E-state index in [4.69, 9.17) is 23.4 Å². The predicted molar refractivity (Wildman–Crippen MR) is 172 cm³/mol. The van der Waals surface area contributed by atoms with E-state index in [0.717, 1.165) is 12.8 Å². The molecule has 9 nitrogen and oxygen atoms in total. The number of rotatable bonds is 13. The van der Waals surface area contributed by atoms with Gasteiger partial charge in [-0.15, -0.1) is 0 Å². The van der Waals surface area contributed by atoms with Crippen LogP contribution in [0.5, 0.6) is 0 Å². The molecular weight excluding hydrogens is 648 g/mol. The van der Waals surface area contributed by atoms with Crippen molar-refractivity contribution in [2.75, 3.05) is 6.61 Å². The number of esters is 1. The molecule has 0 aromatic heterocycles. The Hall–Kier alpha value is -1.44. The maximum Gasteiger partial charge on any atom is 0.338 e. The van der Waals surface area contributed by atoms with Crippen LogP contribution in [0.3, 0.4) is 0 Å². The second-order valence-corrected chi connectivity index (χ2v) is 19.7. The van der Waals surface area contributed by atoms with Crippen molar-refractivity contribution in [2.45, 2.75) is 139 Å². The minimum Gasteiger partial charge on any atom is -0.458 e. The molecule has 1 aromatic rings. The van der Waals surface area contributed by atoms with Crippen molar-refractivity contribution in [1.82, 2.24) is 0 Å². The van der Waals surface area contributed by atoms with Crippen molar-refractivity contribution < 1.29 is 43.2 Å². The van der Waals surface area contributed by atoms with E-state index in [2.05, 4.69) is 56.4 Å². The van der Waals surface area contributed by atoms with Gasteiger partial charge in [-0.2, -0.15) is 0 Å². The van der Waals surface area contributed by atoms with Gasteiger partial charge in [-0.25, -0.2) is 4.79 Å². The lowest BCUT2D eigenvalue weighted by atomic mass is 9.87. The van der Waals surface area contributed by atoms with Crippen molar-refractivity contribution in [3.8, 4) is 0 Å². The molecule has 0 aliphatic carbocycles. The minimum atomic E-state index is -2.29. The Labute approximate surface area is 270 Å². The first-order valence-electron chi connectivity index (χ1n) is 15.7. The Bertz CT molecular complexity index is 1140. The number of aliphatic hydroxyl groups is 2. The van der Waals surface area contributed by atoms with E-state index >= 15 is 0 Å². The van der Waals surface area contributed by atoms with Crippen molar-refractivity contribution in [1.29, 1.82) is 0 Å². The molecule has 44 heavy (non-hydrogen) atoms. The van der Waals surface area contributed by atoms with Crippen LogP contribution in [0, 0.1) is 0 Å². The minimum absolute atomic E-state index is 0.00226. The standard InChI is InChI=1S/C33H49BrO9Si/c1-20(34)18-24(40-32(38)21-10-8-7-9-11-21)13-12-22(36)19-26-27(37)29-30(42-26)31(43-44(5,6)33(2,3)4)28-25(41-29)15-14-23(39-28)16-17-35/h7-11,23-31,35,37H,1,12-19H2,2-6H3/t23-,24-,25+,26-,27+,28+,29+,30-,31+/m1/s1. The van der Waals surface area contributed by atoms with Crippen molar-refractivity contribution in [3.63, 3.8) is 0 Å². The Balaban J connectivity index is 1.43. The van der Waals surface area contributed by atoms with E-state index in [0.29, 0.717) is 29.3 Å². The maximum atomic E-state index is 13.2. The summed E-state index contributed by atoms with van der Waals surface area (Å²) in [6.07, 6.45) is -1.90. The van der Waals surface area contributed by atoms with E-state index in [1.54, 1.807) is 24.3 Å². The largest absolute Gasteiger partial charge is 0.458 e. The van der Waals surface area contributed by atoms with Crippen molar-refractivity contribution in [3.05, 3.63) is 47.0 Å². The zero-order valence-corrected chi connectivity index (χ0v) is 29.2. The summed E-state index contributed by atoms with van der Waals surface area (Å²) in [6.45, 7) is 14.8. The summed E-state index contributed by atoms with van der Waals surface area (Å²) in [5, 5.41) is 20.8. The van der Waals surface area contributed by atoms with E-state index in [9.17, 15) is 19.8 Å². The fourth-order valence-electron chi connectivity index (χ4n) is 5.97. The van der Waals surface area contributed by atoms with Gasteiger partial charge in [-0.3, -0.25) is 4.79 Å². The molecule has 3 saturated heterocycles. The summed E-state index contributed by atoms with van der Waals surface area (Å²) in [5.74, 6) is -0.558. The van der Waals surface area contributed by atoms with Crippen molar-refractivity contribution >= 4 is 36.0 Å². The number of halogens is 1. The number of benzene rings is 1. The molecule has 4 rings (SSSR count). The summed E-state index contributed by atoms with van der Waals surface area (Å²) in [5.41, 5.74) is 0.441. The Morgan fingerprint density at radius 3 is 2.43 bits per heavy atom. The molecule has 0 unspecified atom stereocenters. The predicted octanol–water partition coefficient (Wildman–Crippen LogP) is 5.47. The molecule has 9 atom stereocenters. The SMILES string of the molecule is C=C(Br)C[C@@H](CCC(=O)C[C@H]1O[C@H]2[C@@H](O[Si](C)(C)C(C)(C)C)[C@H]3O[C@@H](CCO)CC[C@@H]3O[C@H]2[C@H]1O)OC(=O)c1ccccc1. The number of carbonyl (C=O) groups is 2. The van der Waals surface area contributed by atoms with Gasteiger partial charge in [0.05, 0.1) is 23.9 Å². The van der Waals surface area contributed by atoms with Gasteiger partial charge in [-0.1, -0.05) is 61.5 Å². The first kappa shape index (κ1) is 35.4. The topological polar surface area (TPSA) is 121 Å². The Kier molecular flexibility index (Phi) is 12.1. The van der Waals surface area contributed by atoms with E-state index in [1.165, 1.54) is 0 Å². The van der Waals surface area contributed by atoms with Crippen LogP contribution in [0.2, 0.25) is 18.1 Å². The molecule has 3 heterocycles. The number of aliphatic hydroxyl groups excluding tert-OH is 2. The van der Waals surface area contributed by atoms with Gasteiger partial charge >= 0.3 is 5.97 Å². The smallest absolute Gasteiger partial charge is 0.338 e. The van der Waals surface area contributed by atoms with E-state index in [1.807, 2.05) is 6.07 Å². The Morgan fingerprint density at radius 1 is 1.09 bits per heavy atom. The van der Waals surface area contributed by atoms with Gasteiger partial charge in [0.25, 0.3) is 0 Å². The maximum absolute atomic E-state index is 13.2. The van der Waals surface area contributed by atoms with Crippen LogP contribution < -0.4 is 0 Å². The van der Waals surface area contributed by atoms with Crippen LogP contribution in [0.15, 0.2) is 41.4 Å². The highest BCUT2D eigenvalue weighted by Crippen LogP contribution is 2.45. The lowest BCUT2D eigenvalue weighted by molar-refractivity contribution is -0.256. The van der Waals surface area contributed by atoms with Gasteiger partial charge in [0.1, 0.15) is 42.4 Å². The molecule has 3 fully saturated rings. The number of fused-ring (bicyclic) bond motifs is 2. The number of ether oxygens (including phenoxy) is 4. The number of carbonyl (C=O) groups excluding carboxylic acids is 2. The third-order valence-electron chi connectivity index (χ3n) is 9.44. The molecule has 3 aliphatic rings. The molecule has 1 aromatic carbocycles. The van der Waals surface area contributed by atoms with Crippen LogP contribution in [-0.4, -0.2) is 91.8 Å². The number of hydrogen-bond donors (Lipinski definition) is 2. The highest BCUT2D eigenvalue weighted by Gasteiger charge is 2.59. The lowest BCUT2D eigenvalue weighted by Gasteiger charge is -2.51. The second-order valence-electron chi connectivity index (χ2n) is 13.8. The normalized spacial score (nSPS) is 31.1. The van der Waals surface area contributed by atoms with Gasteiger partial charge in [0.2, 0.25) is 0 Å². The summed E-state index contributed by atoms with van der Waals surface area (Å²) in [6, 6.07) is 8.73. The molecular formula is C33H49BrO9Si. The number of hydrogen-bond acceptors (Lipinski definition) is 9. The zero-order chi connectivity index (χ0) is 32.2. The second kappa shape index (κ2) is 15.0. The quantitative estimate of drug-likeness (QED) is 0.204. The van der Waals surface area contributed by atoms with E-state index in [-0.39, 0.29) is 42.5 Å². The summed E-state index contributed by atoms with van der Waals surface area (Å²) < 4.78 is 32.6. The fraction of sp³-hybridized carbons (Fsp3) is 0.697. The monoisotopic (exact) mass is 696 g/mol. The summed E-state index contributed by atoms with van der Waals surface area (Å²) in [4.78, 5) is 25.9. The number of Topliss-reactive ketones (excluding diaryl/α,β-unsaturated/α-hetero) is 1. The molecule has 0 amide bonds. The molecule has 0 bridgehead atoms. The Morgan fingerprint density at radius 2 is 1.80 bits per heavy atom. The molecule has 0 spiro atoms. The van der Waals surface area contributed by atoms with Crippen molar-refractivity contribution in [2.24, 2.45) is 0 Å². The lowest BCUT2D eigenvalue weighted by Crippen LogP contribution is -2.64. The average molecular weight is 698 g/mol. The van der Waals surface area contributed by atoms with Crippen LogP contribution in [0.25, 0.3) is 0 Å². The molecule has 11 heteroatoms. The molecule has 2 N–H and O–H groups in total. The number of ketones is 1.